The molecule has 1 saturated heterocycles. The van der Waals surface area contributed by atoms with Crippen LogP contribution in [0.3, 0.4) is 0 Å². The number of aromatic nitrogens is 1. The summed E-state index contributed by atoms with van der Waals surface area (Å²) in [4.78, 5) is 3.94. The standard InChI is InChI=1S/C13H14N4O2/c1-18-13-9(7-15)11(8(6-14)12(16)17-13)10-4-2-3-5-19-10/h10H,2-5H2,1H3,(H2,16,17). The van der Waals surface area contributed by atoms with Crippen molar-refractivity contribution in [2.75, 3.05) is 19.5 Å². The maximum absolute atomic E-state index is 9.30. The highest BCUT2D eigenvalue weighted by Gasteiger charge is 2.27. The van der Waals surface area contributed by atoms with Gasteiger partial charge in [0.25, 0.3) is 0 Å². The second-order valence-corrected chi connectivity index (χ2v) is 4.25. The van der Waals surface area contributed by atoms with E-state index in [1.807, 2.05) is 12.1 Å². The zero-order valence-corrected chi connectivity index (χ0v) is 10.6. The third-order valence-corrected chi connectivity index (χ3v) is 3.15. The number of hydrogen-bond donors (Lipinski definition) is 1. The van der Waals surface area contributed by atoms with E-state index in [-0.39, 0.29) is 28.9 Å². The summed E-state index contributed by atoms with van der Waals surface area (Å²) in [7, 11) is 1.42. The fourth-order valence-electron chi connectivity index (χ4n) is 2.26. The van der Waals surface area contributed by atoms with Gasteiger partial charge in [0.05, 0.1) is 13.2 Å². The van der Waals surface area contributed by atoms with E-state index < -0.39 is 0 Å². The van der Waals surface area contributed by atoms with Crippen LogP contribution in [0.4, 0.5) is 5.82 Å². The van der Waals surface area contributed by atoms with Crippen LogP contribution in [0.25, 0.3) is 0 Å². The molecule has 1 unspecified atom stereocenters. The first-order valence-corrected chi connectivity index (χ1v) is 6.02. The summed E-state index contributed by atoms with van der Waals surface area (Å²) < 4.78 is 10.7. The quantitative estimate of drug-likeness (QED) is 0.864. The Morgan fingerprint density at radius 3 is 2.58 bits per heavy atom. The van der Waals surface area contributed by atoms with E-state index in [2.05, 4.69) is 4.98 Å². The molecular formula is C13H14N4O2. The highest BCUT2D eigenvalue weighted by molar-refractivity contribution is 5.62. The fourth-order valence-corrected chi connectivity index (χ4v) is 2.26. The first kappa shape index (κ1) is 13.1. The van der Waals surface area contributed by atoms with Crippen molar-refractivity contribution in [3.63, 3.8) is 0 Å². The predicted molar refractivity (Wildman–Crippen MR) is 67.2 cm³/mol. The van der Waals surface area contributed by atoms with Gasteiger partial charge in [-0.05, 0) is 19.3 Å². The van der Waals surface area contributed by atoms with Gasteiger partial charge in [-0.1, -0.05) is 0 Å². The normalized spacial score (nSPS) is 18.4. The molecule has 1 aromatic rings. The second-order valence-electron chi connectivity index (χ2n) is 4.25. The SMILES string of the molecule is COc1nc(N)c(C#N)c(C2CCCCO2)c1C#N. The van der Waals surface area contributed by atoms with Gasteiger partial charge in [0.15, 0.2) is 0 Å². The summed E-state index contributed by atoms with van der Waals surface area (Å²) in [5.74, 6) is 0.214. The fraction of sp³-hybridized carbons (Fsp3) is 0.462. The van der Waals surface area contributed by atoms with E-state index >= 15 is 0 Å². The lowest BCUT2D eigenvalue weighted by atomic mass is 9.94. The molecule has 1 aliphatic heterocycles. The molecule has 1 atom stereocenters. The molecule has 0 radical (unpaired) electrons. The minimum absolute atomic E-state index is 0.0718. The number of ether oxygens (including phenoxy) is 2. The second kappa shape index (κ2) is 5.55. The molecule has 98 valence electrons. The monoisotopic (exact) mass is 258 g/mol. The lowest BCUT2D eigenvalue weighted by Crippen LogP contribution is -2.16. The van der Waals surface area contributed by atoms with Crippen molar-refractivity contribution in [3.05, 3.63) is 16.7 Å². The Hall–Kier alpha value is -2.31. The first-order valence-electron chi connectivity index (χ1n) is 6.02. The summed E-state index contributed by atoms with van der Waals surface area (Å²) in [5, 5.41) is 18.5. The van der Waals surface area contributed by atoms with Crippen molar-refractivity contribution in [2.24, 2.45) is 0 Å². The number of nitriles is 2. The number of pyridine rings is 1. The molecule has 0 spiro atoms. The summed E-state index contributed by atoms with van der Waals surface area (Å²) in [6.45, 7) is 0.616. The lowest BCUT2D eigenvalue weighted by molar-refractivity contribution is 0.0145. The highest BCUT2D eigenvalue weighted by Crippen LogP contribution is 2.37. The summed E-state index contributed by atoms with van der Waals surface area (Å²) in [6.07, 6.45) is 2.44. The average molecular weight is 258 g/mol. The van der Waals surface area contributed by atoms with Crippen molar-refractivity contribution >= 4 is 5.82 Å². The van der Waals surface area contributed by atoms with Crippen LogP contribution in [0.1, 0.15) is 42.1 Å². The van der Waals surface area contributed by atoms with E-state index in [1.165, 1.54) is 7.11 Å². The number of nitrogens with two attached hydrogens (primary N) is 1. The molecule has 2 N–H and O–H groups in total. The van der Waals surface area contributed by atoms with Gasteiger partial charge in [-0.15, -0.1) is 0 Å². The number of rotatable bonds is 2. The molecule has 6 heteroatoms. The Morgan fingerprint density at radius 2 is 2.05 bits per heavy atom. The summed E-state index contributed by atoms with van der Waals surface area (Å²) in [6, 6.07) is 4.05. The minimum atomic E-state index is -0.294. The van der Waals surface area contributed by atoms with Crippen LogP contribution in [0.2, 0.25) is 0 Å². The molecule has 1 aliphatic rings. The Morgan fingerprint density at radius 1 is 1.32 bits per heavy atom. The number of nitrogen functional groups attached to an aromatic ring is 1. The summed E-state index contributed by atoms with van der Waals surface area (Å²) in [5.41, 5.74) is 6.72. The zero-order chi connectivity index (χ0) is 13.8. The van der Waals surface area contributed by atoms with Crippen molar-refractivity contribution in [3.8, 4) is 18.0 Å². The van der Waals surface area contributed by atoms with Crippen molar-refractivity contribution < 1.29 is 9.47 Å². The Bertz CT molecular complexity index is 565. The van der Waals surface area contributed by atoms with Gasteiger partial charge in [0.2, 0.25) is 5.88 Å². The van der Waals surface area contributed by atoms with Gasteiger partial charge < -0.3 is 15.2 Å². The van der Waals surface area contributed by atoms with E-state index in [4.69, 9.17) is 15.2 Å². The molecule has 0 amide bonds. The molecule has 1 fully saturated rings. The van der Waals surface area contributed by atoms with E-state index in [0.717, 1.165) is 19.3 Å². The third kappa shape index (κ3) is 2.31. The molecular weight excluding hydrogens is 244 g/mol. The molecule has 19 heavy (non-hydrogen) atoms. The first-order chi connectivity index (χ1) is 9.22. The van der Waals surface area contributed by atoms with Crippen LogP contribution < -0.4 is 10.5 Å². The zero-order valence-electron chi connectivity index (χ0n) is 10.6. The molecule has 1 aromatic heterocycles. The Labute approximate surface area is 111 Å². The van der Waals surface area contributed by atoms with Gasteiger partial charge in [-0.2, -0.15) is 15.5 Å². The van der Waals surface area contributed by atoms with Crippen LogP contribution >= 0.6 is 0 Å². The van der Waals surface area contributed by atoms with Gasteiger partial charge in [0.1, 0.15) is 29.1 Å². The van der Waals surface area contributed by atoms with Crippen molar-refractivity contribution in [1.29, 1.82) is 10.5 Å². The van der Waals surface area contributed by atoms with E-state index in [1.54, 1.807) is 0 Å². The molecule has 2 heterocycles. The maximum atomic E-state index is 9.30. The third-order valence-electron chi connectivity index (χ3n) is 3.15. The lowest BCUT2D eigenvalue weighted by Gasteiger charge is -2.25. The molecule has 0 aromatic carbocycles. The number of nitrogens with zero attached hydrogens (tertiary/aromatic N) is 3. The molecule has 2 rings (SSSR count). The molecule has 0 aliphatic carbocycles. The van der Waals surface area contributed by atoms with Crippen LogP contribution in [0.15, 0.2) is 0 Å². The van der Waals surface area contributed by atoms with E-state index in [0.29, 0.717) is 12.2 Å². The van der Waals surface area contributed by atoms with Gasteiger partial charge in [-0.25, -0.2) is 0 Å². The van der Waals surface area contributed by atoms with Crippen LogP contribution in [0, 0.1) is 22.7 Å². The number of anilines is 1. The Kier molecular flexibility index (Phi) is 3.84. The molecule has 0 saturated carbocycles. The van der Waals surface area contributed by atoms with Gasteiger partial charge in [-0.3, -0.25) is 0 Å². The van der Waals surface area contributed by atoms with Crippen LogP contribution in [-0.4, -0.2) is 18.7 Å². The van der Waals surface area contributed by atoms with Crippen molar-refractivity contribution in [1.82, 2.24) is 4.98 Å². The van der Waals surface area contributed by atoms with Crippen LogP contribution in [-0.2, 0) is 4.74 Å². The number of hydrogen-bond acceptors (Lipinski definition) is 6. The Balaban J connectivity index is 2.64. The average Bonchev–Trinajstić information content (AvgIpc) is 2.46. The van der Waals surface area contributed by atoms with Crippen LogP contribution in [0.5, 0.6) is 5.88 Å². The van der Waals surface area contributed by atoms with Gasteiger partial charge in [0, 0.05) is 12.2 Å². The topological polar surface area (TPSA) is 105 Å². The molecule has 6 nitrogen and oxygen atoms in total. The summed E-state index contributed by atoms with van der Waals surface area (Å²) >= 11 is 0. The molecule has 0 bridgehead atoms. The highest BCUT2D eigenvalue weighted by atomic mass is 16.5. The minimum Gasteiger partial charge on any atom is -0.480 e. The van der Waals surface area contributed by atoms with Gasteiger partial charge >= 0.3 is 0 Å². The smallest absolute Gasteiger partial charge is 0.233 e. The maximum Gasteiger partial charge on any atom is 0.233 e. The van der Waals surface area contributed by atoms with Crippen molar-refractivity contribution in [2.45, 2.75) is 25.4 Å². The van der Waals surface area contributed by atoms with E-state index in [9.17, 15) is 10.5 Å². The largest absolute Gasteiger partial charge is 0.480 e. The predicted octanol–water partition coefficient (Wildman–Crippen LogP) is 1.66. The number of methoxy groups -OCH3 is 1.